The zero-order chi connectivity index (χ0) is 63.1. The fourth-order valence-corrected chi connectivity index (χ4v) is 19.5. The number of carbonyl (C=O) groups is 6. The summed E-state index contributed by atoms with van der Waals surface area (Å²) in [4.78, 5) is 68.5. The van der Waals surface area contributed by atoms with Crippen LogP contribution >= 0.6 is 0 Å². The minimum atomic E-state index is -0.396. The standard InChI is InChI=1S/C22H34O2.C21H32O2.2C10H14O.2C6H8O3/c1-4-22(17-6-14-5-15(8-17)9-18(22)7-14)24-21(23)20-11-16-10-19(20)13(3)12(16)2;1-11-12(2)18-9-15(11)10-19(18)20(22)23-21(3)16-5-13-4-14(7-16)8-17(21)6-13;2*1-3-8(2)9-4-6-10(11)7-5-9;2*1-3-4(2)6(8)9-5(3)7/h12-20H,4-11H2,1-3H3;11-19H,4-10H2,1-3H3;2*4-8,11H,3H2,1-2H3;2*3-4H,1-2H3. The molecule has 0 spiro atoms. The van der Waals surface area contributed by atoms with Crippen molar-refractivity contribution in [2.75, 3.05) is 0 Å². The van der Waals surface area contributed by atoms with Crippen LogP contribution in [0.5, 0.6) is 11.5 Å². The summed E-state index contributed by atoms with van der Waals surface area (Å²) >= 11 is 0. The monoisotopic (exact) mass is 1200 g/mol. The maximum Gasteiger partial charge on any atom is 0.317 e. The molecule has 0 amide bonds. The maximum absolute atomic E-state index is 13.2. The molecule has 16 unspecified atom stereocenters. The molecular formula is C75H110O12. The minimum Gasteiger partial charge on any atom is -0.508 e. The van der Waals surface area contributed by atoms with Gasteiger partial charge < -0.3 is 29.2 Å². The van der Waals surface area contributed by atoms with Gasteiger partial charge in [-0.25, -0.2) is 0 Å². The van der Waals surface area contributed by atoms with Gasteiger partial charge in [0, 0.05) is 0 Å². The molecule has 0 aromatic heterocycles. The van der Waals surface area contributed by atoms with Crippen LogP contribution in [-0.4, -0.2) is 57.2 Å². The van der Waals surface area contributed by atoms with Crippen molar-refractivity contribution in [3.8, 4) is 11.5 Å². The molecule has 87 heavy (non-hydrogen) atoms. The first-order chi connectivity index (χ1) is 41.2. The van der Waals surface area contributed by atoms with Gasteiger partial charge in [0.1, 0.15) is 22.7 Å². The van der Waals surface area contributed by atoms with E-state index in [2.05, 4.69) is 78.7 Å². The van der Waals surface area contributed by atoms with Crippen molar-refractivity contribution >= 4 is 35.8 Å². The highest BCUT2D eigenvalue weighted by molar-refractivity contribution is 5.96. The molecule has 2 aliphatic heterocycles. The van der Waals surface area contributed by atoms with Crippen LogP contribution in [0.1, 0.15) is 229 Å². The number of carbonyl (C=O) groups excluding carboxylic acids is 6. The highest BCUT2D eigenvalue weighted by Crippen LogP contribution is 2.63. The van der Waals surface area contributed by atoms with Crippen molar-refractivity contribution in [1.82, 2.24) is 0 Å². The van der Waals surface area contributed by atoms with Crippen LogP contribution in [0.4, 0.5) is 0 Å². The Labute approximate surface area is 521 Å². The third kappa shape index (κ3) is 13.8. The second kappa shape index (κ2) is 27.4. The summed E-state index contributed by atoms with van der Waals surface area (Å²) in [6.45, 7) is 29.5. The molecule has 14 aliphatic rings. The largest absolute Gasteiger partial charge is 0.508 e. The van der Waals surface area contributed by atoms with Gasteiger partial charge in [-0.2, -0.15) is 0 Å². The van der Waals surface area contributed by atoms with Crippen molar-refractivity contribution < 1.29 is 57.9 Å². The van der Waals surface area contributed by atoms with Gasteiger partial charge in [-0.1, -0.05) is 114 Å². The van der Waals surface area contributed by atoms with E-state index in [0.29, 0.717) is 70.7 Å². The first kappa shape index (κ1) is 66.7. The smallest absolute Gasteiger partial charge is 0.317 e. The number of hydrogen-bond donors (Lipinski definition) is 2. The highest BCUT2D eigenvalue weighted by Gasteiger charge is 2.62. The number of benzene rings is 2. The Hall–Kier alpha value is -4.74. The SMILES string of the molecule is CC1C(=O)OC(=O)C1C.CC1C(=O)OC(=O)C1C.CC1C2CC(C(=O)OC3(C)C4CC5CC(C4)CC3C5)C(C2)C1C.CCC(C)c1ccc(O)cc1.CCC(C)c1ccc(O)cc1.CCC1(OC(=O)C2CC3CC2C(C)C3C)C2CC3CC(C2)CC1C3. The van der Waals surface area contributed by atoms with Gasteiger partial charge in [0.05, 0.1) is 35.5 Å². The Kier molecular flexibility index (Phi) is 21.0. The molecule has 14 fully saturated rings. The Balaban J connectivity index is 0.000000132. The van der Waals surface area contributed by atoms with Gasteiger partial charge in [0.25, 0.3) is 0 Å². The van der Waals surface area contributed by atoms with Crippen LogP contribution in [0.25, 0.3) is 0 Å². The predicted octanol–water partition coefficient (Wildman–Crippen LogP) is 16.2. The fraction of sp³-hybridized carbons (Fsp3) is 0.760. The second-order valence-corrected chi connectivity index (χ2v) is 30.8. The number of ether oxygens (including phenoxy) is 4. The molecule has 12 heteroatoms. The number of rotatable bonds is 9. The number of phenols is 2. The van der Waals surface area contributed by atoms with E-state index in [-0.39, 0.29) is 58.6 Å². The summed E-state index contributed by atoms with van der Waals surface area (Å²) in [6, 6.07) is 14.9. The zero-order valence-corrected chi connectivity index (χ0v) is 55.5. The molecule has 16 atom stereocenters. The predicted molar refractivity (Wildman–Crippen MR) is 336 cm³/mol. The van der Waals surface area contributed by atoms with Crippen LogP contribution < -0.4 is 0 Å². The van der Waals surface area contributed by atoms with Gasteiger partial charge in [-0.05, 0) is 258 Å². The van der Waals surface area contributed by atoms with E-state index < -0.39 is 23.9 Å². The fourth-order valence-electron chi connectivity index (χ4n) is 19.5. The molecule has 12 nitrogen and oxygen atoms in total. The average Bonchev–Trinajstić information content (AvgIpc) is 2.86. The molecule has 2 N–H and O–H groups in total. The second-order valence-electron chi connectivity index (χ2n) is 30.8. The van der Waals surface area contributed by atoms with Crippen molar-refractivity contribution in [2.45, 2.75) is 229 Å². The van der Waals surface area contributed by atoms with Gasteiger partial charge in [0.2, 0.25) is 0 Å². The Bertz CT molecular complexity index is 2540. The lowest BCUT2D eigenvalue weighted by Gasteiger charge is -2.60. The van der Waals surface area contributed by atoms with Crippen molar-refractivity contribution in [2.24, 2.45) is 130 Å². The number of aromatic hydroxyl groups is 2. The Morgan fingerprint density at radius 2 is 0.770 bits per heavy atom. The highest BCUT2D eigenvalue weighted by atomic mass is 16.6. The third-order valence-corrected chi connectivity index (χ3v) is 26.4. The van der Waals surface area contributed by atoms with E-state index in [4.69, 9.17) is 19.7 Å². The average molecular weight is 1200 g/mol. The van der Waals surface area contributed by atoms with E-state index in [1.807, 2.05) is 24.3 Å². The molecule has 16 rings (SSSR count). The van der Waals surface area contributed by atoms with E-state index in [1.54, 1.807) is 52.0 Å². The topological polar surface area (TPSA) is 180 Å². The van der Waals surface area contributed by atoms with Gasteiger partial charge in [-0.3, -0.25) is 28.8 Å². The van der Waals surface area contributed by atoms with Gasteiger partial charge >= 0.3 is 35.8 Å². The number of hydrogen-bond acceptors (Lipinski definition) is 12. The number of cyclic esters (lactones) is 4. The minimum absolute atomic E-state index is 0.0960. The first-order valence-electron chi connectivity index (χ1n) is 34.7. The van der Waals surface area contributed by atoms with Gasteiger partial charge in [-0.15, -0.1) is 0 Å². The van der Waals surface area contributed by atoms with E-state index in [0.717, 1.165) is 79.4 Å². The Morgan fingerprint density at radius 3 is 1.03 bits per heavy atom. The quantitative estimate of drug-likeness (QED) is 0.138. The lowest BCUT2D eigenvalue weighted by Crippen LogP contribution is -2.60. The molecule has 12 bridgehead atoms. The van der Waals surface area contributed by atoms with Crippen LogP contribution in [0, 0.1) is 130 Å². The molecular weight excluding hydrogens is 1090 g/mol. The maximum atomic E-state index is 13.2. The molecule has 2 aromatic rings. The first-order valence-corrected chi connectivity index (χ1v) is 34.7. The van der Waals surface area contributed by atoms with Crippen molar-refractivity contribution in [1.29, 1.82) is 0 Å². The summed E-state index contributed by atoms with van der Waals surface area (Å²) in [6.07, 6.45) is 21.6. The van der Waals surface area contributed by atoms with E-state index in [9.17, 15) is 28.8 Å². The normalized spacial score (nSPS) is 42.1. The molecule has 12 saturated carbocycles. The lowest BCUT2D eigenvalue weighted by molar-refractivity contribution is -0.216. The summed E-state index contributed by atoms with van der Waals surface area (Å²) in [5, 5.41) is 18.0. The lowest BCUT2D eigenvalue weighted by atomic mass is 9.49. The van der Waals surface area contributed by atoms with Crippen molar-refractivity contribution in [3.63, 3.8) is 0 Å². The van der Waals surface area contributed by atoms with Crippen LogP contribution in [0.3, 0.4) is 0 Å². The van der Waals surface area contributed by atoms with E-state index >= 15 is 0 Å². The summed E-state index contributed by atoms with van der Waals surface area (Å²) in [5.41, 5.74) is 2.36. The third-order valence-electron chi connectivity index (χ3n) is 26.4. The summed E-state index contributed by atoms with van der Waals surface area (Å²) in [7, 11) is 0. The molecule has 2 aromatic carbocycles. The van der Waals surface area contributed by atoms with Gasteiger partial charge in [0.15, 0.2) is 0 Å². The molecule has 0 radical (unpaired) electrons. The van der Waals surface area contributed by atoms with Crippen LogP contribution in [0.15, 0.2) is 48.5 Å². The molecule has 12 aliphatic carbocycles. The van der Waals surface area contributed by atoms with E-state index in [1.165, 1.54) is 88.2 Å². The van der Waals surface area contributed by atoms with Crippen LogP contribution in [-0.2, 0) is 47.7 Å². The molecule has 2 heterocycles. The zero-order valence-electron chi connectivity index (χ0n) is 55.5. The molecule has 2 saturated heterocycles. The number of phenolic OH excluding ortho intramolecular Hbond substituents is 2. The van der Waals surface area contributed by atoms with Crippen LogP contribution in [0.2, 0.25) is 0 Å². The molecule has 482 valence electrons. The summed E-state index contributed by atoms with van der Waals surface area (Å²) in [5.74, 6) is 12.2. The number of esters is 6. The van der Waals surface area contributed by atoms with Crippen molar-refractivity contribution in [3.05, 3.63) is 59.7 Å². The number of fused-ring (bicyclic) bond motifs is 4. The summed E-state index contributed by atoms with van der Waals surface area (Å²) < 4.78 is 21.6. The Morgan fingerprint density at radius 1 is 0.460 bits per heavy atom.